The Morgan fingerprint density at radius 3 is 2.59 bits per heavy atom. The van der Waals surface area contributed by atoms with Gasteiger partial charge in [0.2, 0.25) is 11.8 Å². The standard InChI is InChI=1S/C26H24N10O/c1-14-9-15(2)35(32-14)11-17-5-7-18(8-6-17)23-29-24-22-21(19-10-28-34(4)12-19)20-16(3)30-31-26(20)37-25(22)27-13-36(24)33-23/h5-10,12-13,21H,11H2,1-4H3,(H,30,31)/t21-/m0/s1. The summed E-state index contributed by atoms with van der Waals surface area (Å²) in [4.78, 5) is 9.52. The molecule has 0 unspecified atom stereocenters. The smallest absolute Gasteiger partial charge is 0.244 e. The van der Waals surface area contributed by atoms with Gasteiger partial charge >= 0.3 is 0 Å². The van der Waals surface area contributed by atoms with Gasteiger partial charge in [0.25, 0.3) is 0 Å². The summed E-state index contributed by atoms with van der Waals surface area (Å²) in [7, 11) is 1.90. The van der Waals surface area contributed by atoms with Gasteiger partial charge in [0.05, 0.1) is 29.9 Å². The molecule has 0 radical (unpaired) electrons. The van der Waals surface area contributed by atoms with E-state index in [1.54, 1.807) is 15.5 Å². The maximum absolute atomic E-state index is 6.09. The summed E-state index contributed by atoms with van der Waals surface area (Å²) < 4.78 is 11.6. The number of aromatic nitrogens is 10. The minimum atomic E-state index is -0.192. The number of nitrogens with zero attached hydrogens (tertiary/aromatic N) is 9. The van der Waals surface area contributed by atoms with Crippen molar-refractivity contribution in [1.29, 1.82) is 0 Å². The van der Waals surface area contributed by atoms with Crippen molar-refractivity contribution in [1.82, 2.24) is 49.3 Å². The number of aryl methyl sites for hydroxylation is 4. The highest BCUT2D eigenvalue weighted by Crippen LogP contribution is 2.48. The first-order chi connectivity index (χ1) is 17.9. The van der Waals surface area contributed by atoms with Gasteiger partial charge in [0.1, 0.15) is 6.33 Å². The second-order valence-corrected chi connectivity index (χ2v) is 9.50. The highest BCUT2D eigenvalue weighted by atomic mass is 16.5. The maximum atomic E-state index is 6.09. The van der Waals surface area contributed by atoms with Crippen molar-refractivity contribution in [3.05, 3.63) is 88.4 Å². The topological polar surface area (TPSA) is 117 Å². The Labute approximate surface area is 211 Å². The van der Waals surface area contributed by atoms with E-state index in [2.05, 4.69) is 50.5 Å². The normalized spacial score (nSPS) is 14.5. The Kier molecular flexibility index (Phi) is 4.56. The summed E-state index contributed by atoms with van der Waals surface area (Å²) in [6, 6.07) is 10.4. The second kappa shape index (κ2) is 7.85. The van der Waals surface area contributed by atoms with Crippen LogP contribution >= 0.6 is 0 Å². The van der Waals surface area contributed by atoms with Gasteiger partial charge in [-0.05, 0) is 32.4 Å². The third-order valence-electron chi connectivity index (χ3n) is 6.82. The van der Waals surface area contributed by atoms with E-state index in [4.69, 9.17) is 14.8 Å². The average Bonchev–Trinajstić information content (AvgIpc) is 3.66. The van der Waals surface area contributed by atoms with Gasteiger partial charge in [-0.15, -0.1) is 10.2 Å². The summed E-state index contributed by atoms with van der Waals surface area (Å²) in [6.45, 7) is 6.78. The van der Waals surface area contributed by atoms with Crippen LogP contribution in [0.2, 0.25) is 0 Å². The van der Waals surface area contributed by atoms with E-state index in [1.807, 2.05) is 50.1 Å². The number of hydrogen-bond donors (Lipinski definition) is 1. The van der Waals surface area contributed by atoms with E-state index in [9.17, 15) is 0 Å². The van der Waals surface area contributed by atoms with E-state index < -0.39 is 0 Å². The van der Waals surface area contributed by atoms with Gasteiger partial charge in [-0.2, -0.15) is 10.2 Å². The molecular formula is C26H24N10O. The van der Waals surface area contributed by atoms with E-state index in [1.165, 1.54) is 0 Å². The van der Waals surface area contributed by atoms with Crippen LogP contribution in [0.5, 0.6) is 11.8 Å². The summed E-state index contributed by atoms with van der Waals surface area (Å²) >= 11 is 0. The fourth-order valence-corrected chi connectivity index (χ4v) is 5.07. The maximum Gasteiger partial charge on any atom is 0.244 e. The van der Waals surface area contributed by atoms with E-state index in [0.717, 1.165) is 44.9 Å². The molecule has 1 aliphatic heterocycles. The SMILES string of the molecule is Cc1cc(C)n(Cc2ccc(-c3nc4c5c(ncn4n3)Oc3n[nH]c(C)c3[C@@H]5c3cnn(C)c3)cc2)n1. The lowest BCUT2D eigenvalue weighted by atomic mass is 9.86. The third-order valence-corrected chi connectivity index (χ3v) is 6.82. The number of hydrogen-bond acceptors (Lipinski definition) is 7. The van der Waals surface area contributed by atoms with Crippen LogP contribution in [0.4, 0.5) is 0 Å². The molecule has 0 amide bonds. The molecule has 6 heterocycles. The zero-order valence-electron chi connectivity index (χ0n) is 20.8. The first kappa shape index (κ1) is 21.5. The highest BCUT2D eigenvalue weighted by Gasteiger charge is 2.37. The zero-order valence-corrected chi connectivity index (χ0v) is 20.8. The molecule has 1 N–H and O–H groups in total. The van der Waals surface area contributed by atoms with Crippen LogP contribution in [-0.2, 0) is 13.6 Å². The summed E-state index contributed by atoms with van der Waals surface area (Å²) in [6.07, 6.45) is 5.49. The van der Waals surface area contributed by atoms with Gasteiger partial charge in [0, 0.05) is 41.3 Å². The lowest BCUT2D eigenvalue weighted by Crippen LogP contribution is -2.14. The number of H-pyrrole nitrogens is 1. The average molecular weight is 493 g/mol. The van der Waals surface area contributed by atoms with E-state index in [-0.39, 0.29) is 5.92 Å². The number of aromatic amines is 1. The Balaban J connectivity index is 1.30. The van der Waals surface area contributed by atoms with Crippen molar-refractivity contribution in [3.63, 3.8) is 0 Å². The molecular weight excluding hydrogens is 468 g/mol. The Bertz CT molecular complexity index is 1790. The molecule has 37 heavy (non-hydrogen) atoms. The molecule has 0 saturated carbocycles. The first-order valence-corrected chi connectivity index (χ1v) is 12.0. The summed E-state index contributed by atoms with van der Waals surface area (Å²) in [5, 5.41) is 21.1. The van der Waals surface area contributed by atoms with E-state index >= 15 is 0 Å². The van der Waals surface area contributed by atoms with Crippen LogP contribution < -0.4 is 4.74 Å². The monoisotopic (exact) mass is 492 g/mol. The molecule has 0 aliphatic carbocycles. The van der Waals surface area contributed by atoms with Crippen molar-refractivity contribution in [2.75, 3.05) is 0 Å². The molecule has 11 nitrogen and oxygen atoms in total. The van der Waals surface area contributed by atoms with Crippen molar-refractivity contribution >= 4 is 5.65 Å². The van der Waals surface area contributed by atoms with Crippen molar-refractivity contribution in [3.8, 4) is 23.1 Å². The van der Waals surface area contributed by atoms with Gasteiger partial charge < -0.3 is 4.74 Å². The molecule has 0 saturated heterocycles. The van der Waals surface area contributed by atoms with Crippen LogP contribution in [0.15, 0.2) is 49.1 Å². The highest BCUT2D eigenvalue weighted by molar-refractivity contribution is 5.68. The van der Waals surface area contributed by atoms with E-state index in [0.29, 0.717) is 29.8 Å². The van der Waals surface area contributed by atoms with Gasteiger partial charge in [-0.3, -0.25) is 14.5 Å². The van der Waals surface area contributed by atoms with Crippen molar-refractivity contribution < 1.29 is 4.74 Å². The molecule has 5 aromatic heterocycles. The summed E-state index contributed by atoms with van der Waals surface area (Å²) in [5.74, 6) is 1.42. The fourth-order valence-electron chi connectivity index (χ4n) is 5.07. The molecule has 0 spiro atoms. The third kappa shape index (κ3) is 3.42. The molecule has 11 heteroatoms. The predicted molar refractivity (Wildman–Crippen MR) is 135 cm³/mol. The Morgan fingerprint density at radius 1 is 1.03 bits per heavy atom. The number of fused-ring (bicyclic) bond motifs is 4. The van der Waals surface area contributed by atoms with Crippen LogP contribution in [0, 0.1) is 20.8 Å². The van der Waals surface area contributed by atoms with Crippen molar-refractivity contribution in [2.45, 2.75) is 33.2 Å². The molecule has 7 rings (SSSR count). The van der Waals surface area contributed by atoms with Crippen LogP contribution in [0.1, 0.15) is 45.3 Å². The Hall–Kier alpha value is -4.80. The molecule has 0 fully saturated rings. The zero-order chi connectivity index (χ0) is 25.3. The largest absolute Gasteiger partial charge is 0.418 e. The number of rotatable bonds is 4. The fraction of sp³-hybridized carbons (Fsp3) is 0.231. The van der Waals surface area contributed by atoms with Crippen LogP contribution in [0.3, 0.4) is 0 Å². The van der Waals surface area contributed by atoms with Gasteiger partial charge in [-0.25, -0.2) is 14.5 Å². The van der Waals surface area contributed by atoms with Gasteiger partial charge in [-0.1, -0.05) is 24.3 Å². The lowest BCUT2D eigenvalue weighted by molar-refractivity contribution is 0.416. The molecule has 1 aromatic carbocycles. The summed E-state index contributed by atoms with van der Waals surface area (Å²) in [5.41, 5.74) is 8.65. The predicted octanol–water partition coefficient (Wildman–Crippen LogP) is 3.70. The minimum absolute atomic E-state index is 0.192. The molecule has 1 atom stereocenters. The van der Waals surface area contributed by atoms with Crippen LogP contribution in [0.25, 0.3) is 17.0 Å². The van der Waals surface area contributed by atoms with Crippen molar-refractivity contribution in [2.24, 2.45) is 7.05 Å². The molecule has 6 aromatic rings. The lowest BCUT2D eigenvalue weighted by Gasteiger charge is -2.24. The quantitative estimate of drug-likeness (QED) is 0.398. The number of nitrogens with one attached hydrogen (secondary N) is 1. The number of benzene rings is 1. The molecule has 0 bridgehead atoms. The number of ether oxygens (including phenoxy) is 1. The van der Waals surface area contributed by atoms with Crippen LogP contribution in [-0.4, -0.2) is 49.3 Å². The van der Waals surface area contributed by atoms with Gasteiger partial charge in [0.15, 0.2) is 11.5 Å². The molecule has 1 aliphatic rings. The Morgan fingerprint density at radius 2 is 1.86 bits per heavy atom. The second-order valence-electron chi connectivity index (χ2n) is 9.50. The minimum Gasteiger partial charge on any atom is -0.418 e. The molecule has 184 valence electrons. The first-order valence-electron chi connectivity index (χ1n) is 12.0.